The first-order valence-corrected chi connectivity index (χ1v) is 12.1. The van der Waals surface area contributed by atoms with Crippen molar-refractivity contribution >= 4 is 11.6 Å². The molecule has 2 N–H and O–H groups in total. The van der Waals surface area contributed by atoms with Crippen LogP contribution in [0.5, 0.6) is 5.75 Å². The van der Waals surface area contributed by atoms with Crippen molar-refractivity contribution in [3.05, 3.63) is 115 Å². The topological polar surface area (TPSA) is 97.2 Å². The third-order valence-electron chi connectivity index (χ3n) is 6.43. The van der Waals surface area contributed by atoms with E-state index in [0.717, 1.165) is 50.7 Å². The summed E-state index contributed by atoms with van der Waals surface area (Å²) in [4.78, 5) is 21.7. The number of methoxy groups -OCH3 is 1. The van der Waals surface area contributed by atoms with Gasteiger partial charge >= 0.3 is 0 Å². The number of carbonyl (C=O) groups is 1. The molecule has 6 aromatic rings. The molecule has 0 bridgehead atoms. The zero-order valence-corrected chi connectivity index (χ0v) is 20.6. The molecule has 0 aliphatic carbocycles. The van der Waals surface area contributed by atoms with Crippen molar-refractivity contribution in [2.24, 2.45) is 0 Å². The number of rotatable bonds is 7. The van der Waals surface area contributed by atoms with Gasteiger partial charge in [-0.2, -0.15) is 5.10 Å². The van der Waals surface area contributed by atoms with Gasteiger partial charge in [-0.15, -0.1) is 0 Å². The summed E-state index contributed by atoms with van der Waals surface area (Å²) in [7, 11) is 1.63. The molecule has 186 valence electrons. The van der Waals surface area contributed by atoms with Crippen molar-refractivity contribution in [1.29, 1.82) is 0 Å². The molecule has 0 aliphatic rings. The number of aromatic amines is 1. The molecule has 4 heterocycles. The molecule has 0 fully saturated rings. The Kier molecular flexibility index (Phi) is 6.11. The lowest BCUT2D eigenvalue weighted by Crippen LogP contribution is -2.22. The smallest absolute Gasteiger partial charge is 0.251 e. The standard InChI is InChI=1S/C30H24N6O2/c1-38-24-12-5-20(6-13-24)16-33-30(37)22-9-7-21(8-10-22)29-25(17-34-35-29)23-11-14-28-32-18-27(36(28)19-23)26-4-2-3-15-31-26/h2-15,17-19H,16H2,1H3,(H,33,37)(H,34,35). The molecule has 1 amide bonds. The molecule has 0 unspecified atom stereocenters. The Bertz CT molecular complexity index is 1700. The fourth-order valence-corrected chi connectivity index (χ4v) is 4.38. The molecule has 0 radical (unpaired) electrons. The summed E-state index contributed by atoms with van der Waals surface area (Å²) in [5, 5.41) is 10.4. The monoisotopic (exact) mass is 500 g/mol. The number of pyridine rings is 2. The van der Waals surface area contributed by atoms with Gasteiger partial charge in [0.25, 0.3) is 5.91 Å². The zero-order valence-electron chi connectivity index (χ0n) is 20.6. The van der Waals surface area contributed by atoms with E-state index in [9.17, 15) is 4.79 Å². The second-order valence-corrected chi connectivity index (χ2v) is 8.77. The van der Waals surface area contributed by atoms with Crippen LogP contribution in [0.3, 0.4) is 0 Å². The van der Waals surface area contributed by atoms with Gasteiger partial charge in [0.15, 0.2) is 0 Å². The van der Waals surface area contributed by atoms with Gasteiger partial charge in [-0.1, -0.05) is 30.3 Å². The average molecular weight is 501 g/mol. The van der Waals surface area contributed by atoms with Crippen LogP contribution in [0.25, 0.3) is 39.4 Å². The van der Waals surface area contributed by atoms with Gasteiger partial charge in [-0.3, -0.25) is 19.3 Å². The average Bonchev–Trinajstić information content (AvgIpc) is 3.64. The van der Waals surface area contributed by atoms with Crippen LogP contribution in [0.1, 0.15) is 15.9 Å². The highest BCUT2D eigenvalue weighted by Gasteiger charge is 2.14. The number of fused-ring (bicyclic) bond motifs is 1. The number of nitrogens with one attached hydrogen (secondary N) is 2. The number of nitrogens with zero attached hydrogens (tertiary/aromatic N) is 4. The molecule has 0 saturated heterocycles. The highest BCUT2D eigenvalue weighted by Crippen LogP contribution is 2.31. The summed E-state index contributed by atoms with van der Waals surface area (Å²) < 4.78 is 7.21. The number of hydrogen-bond acceptors (Lipinski definition) is 5. The molecule has 4 aromatic heterocycles. The molecule has 0 aliphatic heterocycles. The molecule has 8 heteroatoms. The van der Waals surface area contributed by atoms with E-state index >= 15 is 0 Å². The lowest BCUT2D eigenvalue weighted by Gasteiger charge is -2.09. The molecule has 2 aromatic carbocycles. The summed E-state index contributed by atoms with van der Waals surface area (Å²) in [6.07, 6.45) is 7.46. The maximum absolute atomic E-state index is 12.7. The molecule has 0 atom stereocenters. The van der Waals surface area contributed by atoms with Crippen LogP contribution in [0, 0.1) is 0 Å². The minimum atomic E-state index is -0.134. The Hall–Kier alpha value is -5.24. The number of carbonyl (C=O) groups excluding carboxylic acids is 1. The van der Waals surface area contributed by atoms with E-state index in [1.54, 1.807) is 13.3 Å². The van der Waals surface area contributed by atoms with Gasteiger partial charge in [0.1, 0.15) is 11.4 Å². The van der Waals surface area contributed by atoms with Crippen LogP contribution >= 0.6 is 0 Å². The maximum atomic E-state index is 12.7. The van der Waals surface area contributed by atoms with Gasteiger partial charge in [-0.05, 0) is 54.1 Å². The number of aromatic nitrogens is 5. The van der Waals surface area contributed by atoms with Crippen molar-refractivity contribution < 1.29 is 9.53 Å². The fourth-order valence-electron chi connectivity index (χ4n) is 4.38. The number of amides is 1. The molecular formula is C30H24N6O2. The van der Waals surface area contributed by atoms with Gasteiger partial charge in [0, 0.05) is 41.2 Å². The SMILES string of the molecule is COc1ccc(CNC(=O)c2ccc(-c3[nH]ncc3-c3ccc4ncc(-c5ccccn5)n4c3)cc2)cc1. The highest BCUT2D eigenvalue weighted by atomic mass is 16.5. The van der Waals surface area contributed by atoms with E-state index in [0.29, 0.717) is 12.1 Å². The Morgan fingerprint density at radius 2 is 1.74 bits per heavy atom. The molecular weight excluding hydrogens is 476 g/mol. The molecule has 38 heavy (non-hydrogen) atoms. The van der Waals surface area contributed by atoms with Crippen molar-refractivity contribution in [3.63, 3.8) is 0 Å². The Morgan fingerprint density at radius 3 is 2.50 bits per heavy atom. The van der Waals surface area contributed by atoms with Gasteiger partial charge in [0.2, 0.25) is 0 Å². The van der Waals surface area contributed by atoms with Gasteiger partial charge in [0.05, 0.1) is 36.6 Å². The summed E-state index contributed by atoms with van der Waals surface area (Å²) in [5.41, 5.74) is 7.92. The first-order valence-electron chi connectivity index (χ1n) is 12.1. The van der Waals surface area contributed by atoms with E-state index in [4.69, 9.17) is 4.74 Å². The zero-order chi connectivity index (χ0) is 25.9. The fraction of sp³-hybridized carbons (Fsp3) is 0.0667. The van der Waals surface area contributed by atoms with E-state index in [1.165, 1.54) is 0 Å². The van der Waals surface area contributed by atoms with Crippen LogP contribution in [-0.4, -0.2) is 37.6 Å². The van der Waals surface area contributed by atoms with E-state index in [2.05, 4.69) is 25.5 Å². The Labute approximate surface area is 219 Å². The molecule has 0 saturated carbocycles. The second-order valence-electron chi connectivity index (χ2n) is 8.77. The summed E-state index contributed by atoms with van der Waals surface area (Å²) in [6, 6.07) is 24.9. The van der Waals surface area contributed by atoms with E-state index < -0.39 is 0 Å². The summed E-state index contributed by atoms with van der Waals surface area (Å²) in [5.74, 6) is 0.650. The third kappa shape index (κ3) is 4.51. The predicted octanol–water partition coefficient (Wildman–Crippen LogP) is 5.39. The van der Waals surface area contributed by atoms with Crippen molar-refractivity contribution in [2.75, 3.05) is 7.11 Å². The van der Waals surface area contributed by atoms with Gasteiger partial charge < -0.3 is 10.1 Å². The summed E-state index contributed by atoms with van der Waals surface area (Å²) in [6.45, 7) is 0.437. The number of benzene rings is 2. The first kappa shape index (κ1) is 23.2. The highest BCUT2D eigenvalue weighted by molar-refractivity contribution is 5.95. The van der Waals surface area contributed by atoms with E-state index in [-0.39, 0.29) is 5.91 Å². The normalized spacial score (nSPS) is 11.0. The minimum absolute atomic E-state index is 0.134. The number of hydrogen-bond donors (Lipinski definition) is 2. The van der Waals surface area contributed by atoms with Crippen LogP contribution in [-0.2, 0) is 6.54 Å². The van der Waals surface area contributed by atoms with Crippen LogP contribution in [0.15, 0.2) is 104 Å². The molecule has 6 rings (SSSR count). The Morgan fingerprint density at radius 1 is 0.921 bits per heavy atom. The lowest BCUT2D eigenvalue weighted by molar-refractivity contribution is 0.0951. The molecule has 8 nitrogen and oxygen atoms in total. The third-order valence-corrected chi connectivity index (χ3v) is 6.43. The first-order chi connectivity index (χ1) is 18.7. The predicted molar refractivity (Wildman–Crippen MR) is 146 cm³/mol. The van der Waals surface area contributed by atoms with E-state index in [1.807, 2.05) is 102 Å². The maximum Gasteiger partial charge on any atom is 0.251 e. The van der Waals surface area contributed by atoms with Crippen molar-refractivity contribution in [3.8, 4) is 39.5 Å². The number of H-pyrrole nitrogens is 1. The van der Waals surface area contributed by atoms with Crippen LogP contribution in [0.4, 0.5) is 0 Å². The Balaban J connectivity index is 1.22. The van der Waals surface area contributed by atoms with Crippen molar-refractivity contribution in [2.45, 2.75) is 6.54 Å². The summed E-state index contributed by atoms with van der Waals surface area (Å²) >= 11 is 0. The van der Waals surface area contributed by atoms with Crippen molar-refractivity contribution in [1.82, 2.24) is 29.9 Å². The number of ether oxygens (including phenoxy) is 1. The quantitative estimate of drug-likeness (QED) is 0.306. The lowest BCUT2D eigenvalue weighted by atomic mass is 10.0. The van der Waals surface area contributed by atoms with Gasteiger partial charge in [-0.25, -0.2) is 4.98 Å². The minimum Gasteiger partial charge on any atom is -0.497 e. The second kappa shape index (κ2) is 10.0. The van der Waals surface area contributed by atoms with Crippen LogP contribution in [0.2, 0.25) is 0 Å². The molecule has 0 spiro atoms. The van der Waals surface area contributed by atoms with Crippen LogP contribution < -0.4 is 10.1 Å². The largest absolute Gasteiger partial charge is 0.497 e. The number of imidazole rings is 1.